The van der Waals surface area contributed by atoms with E-state index in [-0.39, 0.29) is 5.97 Å². The van der Waals surface area contributed by atoms with Gasteiger partial charge in [-0.1, -0.05) is 42.5 Å². The summed E-state index contributed by atoms with van der Waals surface area (Å²) in [5, 5.41) is 0. The molecule has 0 aliphatic rings. The topological polar surface area (TPSA) is 26.3 Å². The zero-order valence-electron chi connectivity index (χ0n) is 10.2. The van der Waals surface area contributed by atoms with Gasteiger partial charge in [-0.3, -0.25) is 0 Å². The van der Waals surface area contributed by atoms with Gasteiger partial charge in [0.25, 0.3) is 0 Å². The van der Waals surface area contributed by atoms with E-state index in [9.17, 15) is 4.79 Å². The summed E-state index contributed by atoms with van der Waals surface area (Å²) in [4.78, 5) is 11.6. The zero-order chi connectivity index (χ0) is 12.8. The van der Waals surface area contributed by atoms with Crippen LogP contribution in [-0.2, 0) is 4.79 Å². The van der Waals surface area contributed by atoms with E-state index in [1.165, 1.54) is 6.08 Å². The SMILES string of the molecule is Cc1ccccc1/C=C/C(=O)Oc1ccccc1. The third kappa shape index (κ3) is 3.32. The first-order valence-corrected chi connectivity index (χ1v) is 5.76. The van der Waals surface area contributed by atoms with E-state index in [1.54, 1.807) is 18.2 Å². The molecule has 2 rings (SSSR count). The summed E-state index contributed by atoms with van der Waals surface area (Å²) in [6.07, 6.45) is 3.20. The van der Waals surface area contributed by atoms with E-state index in [0.717, 1.165) is 11.1 Å². The summed E-state index contributed by atoms with van der Waals surface area (Å²) in [5.41, 5.74) is 2.14. The molecule has 0 radical (unpaired) electrons. The predicted octanol–water partition coefficient (Wildman–Crippen LogP) is 3.61. The van der Waals surface area contributed by atoms with Gasteiger partial charge in [0.1, 0.15) is 5.75 Å². The van der Waals surface area contributed by atoms with Crippen LogP contribution in [0.15, 0.2) is 60.7 Å². The second kappa shape index (κ2) is 5.82. The molecule has 90 valence electrons. The molecule has 0 fully saturated rings. The number of para-hydroxylation sites is 1. The Hall–Kier alpha value is -2.35. The van der Waals surface area contributed by atoms with Crippen molar-refractivity contribution in [3.05, 3.63) is 71.8 Å². The highest BCUT2D eigenvalue weighted by molar-refractivity contribution is 5.88. The minimum Gasteiger partial charge on any atom is -0.423 e. The van der Waals surface area contributed by atoms with Gasteiger partial charge in [-0.15, -0.1) is 0 Å². The summed E-state index contributed by atoms with van der Waals surface area (Å²) < 4.78 is 5.15. The molecule has 2 aromatic carbocycles. The molecular formula is C16H14O2. The number of ether oxygens (including phenoxy) is 1. The van der Waals surface area contributed by atoms with Crippen molar-refractivity contribution in [1.29, 1.82) is 0 Å². The van der Waals surface area contributed by atoms with Gasteiger partial charge in [0, 0.05) is 6.08 Å². The first kappa shape index (κ1) is 12.1. The van der Waals surface area contributed by atoms with Gasteiger partial charge in [-0.2, -0.15) is 0 Å². The van der Waals surface area contributed by atoms with Crippen LogP contribution < -0.4 is 4.74 Å². The number of carbonyl (C=O) groups is 1. The molecule has 2 nitrogen and oxygen atoms in total. The number of aryl methyl sites for hydroxylation is 1. The Kier molecular flexibility index (Phi) is 3.92. The lowest BCUT2D eigenvalue weighted by atomic mass is 10.1. The molecule has 0 bridgehead atoms. The van der Waals surface area contributed by atoms with Gasteiger partial charge in [0.05, 0.1) is 0 Å². The molecule has 0 aliphatic carbocycles. The Morgan fingerprint density at radius 1 is 1.00 bits per heavy atom. The number of rotatable bonds is 3. The fraction of sp³-hybridized carbons (Fsp3) is 0.0625. The van der Waals surface area contributed by atoms with E-state index in [4.69, 9.17) is 4.74 Å². The van der Waals surface area contributed by atoms with Crippen LogP contribution in [0, 0.1) is 6.92 Å². The molecule has 0 spiro atoms. The molecule has 2 aromatic rings. The Morgan fingerprint density at radius 3 is 2.39 bits per heavy atom. The molecular weight excluding hydrogens is 224 g/mol. The lowest BCUT2D eigenvalue weighted by Gasteiger charge is -2.01. The van der Waals surface area contributed by atoms with Crippen LogP contribution in [-0.4, -0.2) is 5.97 Å². The Morgan fingerprint density at radius 2 is 1.67 bits per heavy atom. The Balaban J connectivity index is 2.02. The Bertz CT molecular complexity index is 556. The lowest BCUT2D eigenvalue weighted by molar-refractivity contribution is -0.128. The quantitative estimate of drug-likeness (QED) is 0.464. The molecule has 0 aliphatic heterocycles. The standard InChI is InChI=1S/C16H14O2/c1-13-7-5-6-8-14(13)11-12-16(17)18-15-9-3-2-4-10-15/h2-12H,1H3/b12-11+. The molecule has 0 N–H and O–H groups in total. The fourth-order valence-corrected chi connectivity index (χ4v) is 1.57. The summed E-state index contributed by atoms with van der Waals surface area (Å²) in [7, 11) is 0. The molecule has 0 atom stereocenters. The summed E-state index contributed by atoms with van der Waals surface area (Å²) in [6.45, 7) is 2.00. The van der Waals surface area contributed by atoms with Crippen molar-refractivity contribution in [3.8, 4) is 5.75 Å². The van der Waals surface area contributed by atoms with Crippen LogP contribution in [0.25, 0.3) is 6.08 Å². The van der Waals surface area contributed by atoms with Gasteiger partial charge < -0.3 is 4.74 Å². The maximum Gasteiger partial charge on any atom is 0.336 e. The van der Waals surface area contributed by atoms with Crippen molar-refractivity contribution in [1.82, 2.24) is 0 Å². The highest BCUT2D eigenvalue weighted by Gasteiger charge is 1.99. The molecule has 2 heteroatoms. The number of hydrogen-bond donors (Lipinski definition) is 0. The van der Waals surface area contributed by atoms with Crippen molar-refractivity contribution in [3.63, 3.8) is 0 Å². The third-order valence-electron chi connectivity index (χ3n) is 2.55. The molecule has 18 heavy (non-hydrogen) atoms. The average Bonchev–Trinajstić information content (AvgIpc) is 2.39. The largest absolute Gasteiger partial charge is 0.423 e. The Labute approximate surface area is 107 Å². The average molecular weight is 238 g/mol. The van der Waals surface area contributed by atoms with E-state index < -0.39 is 0 Å². The van der Waals surface area contributed by atoms with Crippen LogP contribution in [0.1, 0.15) is 11.1 Å². The second-order valence-corrected chi connectivity index (χ2v) is 3.92. The van der Waals surface area contributed by atoms with Gasteiger partial charge in [0.2, 0.25) is 0 Å². The summed E-state index contributed by atoms with van der Waals surface area (Å²) in [6, 6.07) is 16.9. The van der Waals surface area contributed by atoms with E-state index in [1.807, 2.05) is 49.4 Å². The van der Waals surface area contributed by atoms with Gasteiger partial charge in [0.15, 0.2) is 0 Å². The van der Waals surface area contributed by atoms with E-state index in [0.29, 0.717) is 5.75 Å². The molecule has 0 saturated carbocycles. The third-order valence-corrected chi connectivity index (χ3v) is 2.55. The second-order valence-electron chi connectivity index (χ2n) is 3.92. The van der Waals surface area contributed by atoms with E-state index in [2.05, 4.69) is 0 Å². The highest BCUT2D eigenvalue weighted by atomic mass is 16.5. The summed E-state index contributed by atoms with van der Waals surface area (Å²) in [5.74, 6) is 0.182. The van der Waals surface area contributed by atoms with Crippen molar-refractivity contribution >= 4 is 12.0 Å². The van der Waals surface area contributed by atoms with Gasteiger partial charge in [-0.05, 0) is 36.3 Å². The molecule has 0 heterocycles. The first-order chi connectivity index (χ1) is 8.75. The van der Waals surface area contributed by atoms with Gasteiger partial charge in [-0.25, -0.2) is 4.79 Å². The van der Waals surface area contributed by atoms with Crippen molar-refractivity contribution in [2.24, 2.45) is 0 Å². The zero-order valence-corrected chi connectivity index (χ0v) is 10.2. The number of benzene rings is 2. The number of carbonyl (C=O) groups excluding carboxylic acids is 1. The van der Waals surface area contributed by atoms with Crippen molar-refractivity contribution in [2.75, 3.05) is 0 Å². The monoisotopic (exact) mass is 238 g/mol. The van der Waals surface area contributed by atoms with Crippen LogP contribution in [0.4, 0.5) is 0 Å². The minimum absolute atomic E-state index is 0.371. The van der Waals surface area contributed by atoms with Crippen LogP contribution in [0.2, 0.25) is 0 Å². The van der Waals surface area contributed by atoms with Crippen LogP contribution in [0.3, 0.4) is 0 Å². The van der Waals surface area contributed by atoms with E-state index >= 15 is 0 Å². The normalized spacial score (nSPS) is 10.5. The first-order valence-electron chi connectivity index (χ1n) is 5.76. The lowest BCUT2D eigenvalue weighted by Crippen LogP contribution is -2.03. The molecule has 0 saturated heterocycles. The molecule has 0 amide bonds. The van der Waals surface area contributed by atoms with Crippen LogP contribution in [0.5, 0.6) is 5.75 Å². The maximum absolute atomic E-state index is 11.6. The van der Waals surface area contributed by atoms with Gasteiger partial charge >= 0.3 is 5.97 Å². The van der Waals surface area contributed by atoms with Crippen molar-refractivity contribution in [2.45, 2.75) is 6.92 Å². The smallest absolute Gasteiger partial charge is 0.336 e. The summed E-state index contributed by atoms with van der Waals surface area (Å²) >= 11 is 0. The maximum atomic E-state index is 11.6. The molecule has 0 unspecified atom stereocenters. The predicted molar refractivity (Wildman–Crippen MR) is 72.3 cm³/mol. The minimum atomic E-state index is -0.371. The fourth-order valence-electron chi connectivity index (χ4n) is 1.57. The van der Waals surface area contributed by atoms with Crippen molar-refractivity contribution < 1.29 is 9.53 Å². The number of esters is 1. The molecule has 0 aromatic heterocycles. The van der Waals surface area contributed by atoms with Crippen LogP contribution >= 0.6 is 0 Å². The highest BCUT2D eigenvalue weighted by Crippen LogP contribution is 2.11. The number of hydrogen-bond acceptors (Lipinski definition) is 2.